The van der Waals surface area contributed by atoms with Crippen molar-refractivity contribution in [2.75, 3.05) is 10.6 Å². The first kappa shape index (κ1) is 17.5. The van der Waals surface area contributed by atoms with Crippen molar-refractivity contribution < 1.29 is 18.7 Å². The molecule has 0 atom stereocenters. The summed E-state index contributed by atoms with van der Waals surface area (Å²) < 4.78 is 19.3. The minimum absolute atomic E-state index is 0.135. The maximum absolute atomic E-state index is 13.9. The summed E-state index contributed by atoms with van der Waals surface area (Å²) in [5, 5.41) is 5.22. The molecule has 24 heavy (non-hydrogen) atoms. The Kier molecular flexibility index (Phi) is 5.52. The Morgan fingerprint density at radius 3 is 2.38 bits per heavy atom. The number of halogens is 1. The van der Waals surface area contributed by atoms with E-state index in [1.807, 2.05) is 0 Å². The quantitative estimate of drug-likeness (QED) is 0.875. The third-order valence-electron chi connectivity index (χ3n) is 3.00. The van der Waals surface area contributed by atoms with E-state index in [1.54, 1.807) is 44.2 Å². The zero-order chi connectivity index (χ0) is 17.7. The highest BCUT2D eigenvalue weighted by atomic mass is 19.1. The van der Waals surface area contributed by atoms with Crippen molar-refractivity contribution in [3.8, 4) is 5.75 Å². The van der Waals surface area contributed by atoms with E-state index in [9.17, 15) is 14.0 Å². The number of benzene rings is 2. The average molecular weight is 330 g/mol. The van der Waals surface area contributed by atoms with Gasteiger partial charge in [0.05, 0.1) is 6.10 Å². The molecule has 0 aromatic heterocycles. The van der Waals surface area contributed by atoms with Gasteiger partial charge in [-0.3, -0.25) is 9.59 Å². The smallest absolute Gasteiger partial charge is 0.255 e. The zero-order valence-electron chi connectivity index (χ0n) is 13.7. The van der Waals surface area contributed by atoms with E-state index < -0.39 is 11.7 Å². The number of nitrogens with one attached hydrogen (secondary N) is 2. The van der Waals surface area contributed by atoms with Crippen LogP contribution in [-0.4, -0.2) is 17.9 Å². The Balaban J connectivity index is 2.12. The van der Waals surface area contributed by atoms with Crippen LogP contribution in [-0.2, 0) is 4.79 Å². The number of anilines is 2. The van der Waals surface area contributed by atoms with Crippen LogP contribution in [0.3, 0.4) is 0 Å². The standard InChI is InChI=1S/C18H19FN2O3/c1-11(2)24-17-8-7-15(10-16(17)19)21-18(23)13-5-4-6-14(9-13)20-12(3)22/h4-11H,1-3H3,(H,20,22)(H,21,23). The molecule has 0 aliphatic carbocycles. The molecule has 2 aromatic rings. The van der Waals surface area contributed by atoms with Crippen molar-refractivity contribution in [3.05, 3.63) is 53.8 Å². The highest BCUT2D eigenvalue weighted by molar-refractivity contribution is 6.05. The molecule has 126 valence electrons. The lowest BCUT2D eigenvalue weighted by Crippen LogP contribution is -2.13. The lowest BCUT2D eigenvalue weighted by atomic mass is 10.1. The normalized spacial score (nSPS) is 10.4. The molecule has 0 bridgehead atoms. The van der Waals surface area contributed by atoms with Crippen molar-refractivity contribution in [3.63, 3.8) is 0 Å². The molecule has 0 aliphatic rings. The molecular weight excluding hydrogens is 311 g/mol. The minimum Gasteiger partial charge on any atom is -0.488 e. The van der Waals surface area contributed by atoms with E-state index in [2.05, 4.69) is 10.6 Å². The Hall–Kier alpha value is -2.89. The van der Waals surface area contributed by atoms with Crippen LogP contribution in [0, 0.1) is 5.82 Å². The molecular formula is C18H19FN2O3. The van der Waals surface area contributed by atoms with Gasteiger partial charge < -0.3 is 15.4 Å². The molecule has 0 heterocycles. The van der Waals surface area contributed by atoms with E-state index >= 15 is 0 Å². The lowest BCUT2D eigenvalue weighted by molar-refractivity contribution is -0.114. The van der Waals surface area contributed by atoms with Crippen LogP contribution in [0.1, 0.15) is 31.1 Å². The van der Waals surface area contributed by atoms with Gasteiger partial charge in [0.1, 0.15) is 0 Å². The molecule has 0 fully saturated rings. The summed E-state index contributed by atoms with van der Waals surface area (Å²) in [7, 11) is 0. The molecule has 2 rings (SSSR count). The van der Waals surface area contributed by atoms with Gasteiger partial charge in [-0.05, 0) is 44.2 Å². The summed E-state index contributed by atoms with van der Waals surface area (Å²) >= 11 is 0. The van der Waals surface area contributed by atoms with Crippen LogP contribution in [0.5, 0.6) is 5.75 Å². The number of ether oxygens (including phenoxy) is 1. The zero-order valence-corrected chi connectivity index (χ0v) is 13.7. The van der Waals surface area contributed by atoms with E-state index in [1.165, 1.54) is 19.1 Å². The molecule has 0 aliphatic heterocycles. The van der Waals surface area contributed by atoms with Crippen molar-refractivity contribution in [1.29, 1.82) is 0 Å². The van der Waals surface area contributed by atoms with Gasteiger partial charge in [-0.15, -0.1) is 0 Å². The molecule has 0 saturated carbocycles. The van der Waals surface area contributed by atoms with E-state index in [-0.39, 0.29) is 17.8 Å². The summed E-state index contributed by atoms with van der Waals surface area (Å²) in [6.07, 6.45) is -0.142. The van der Waals surface area contributed by atoms with Crippen molar-refractivity contribution in [2.45, 2.75) is 26.9 Å². The highest BCUT2D eigenvalue weighted by Gasteiger charge is 2.11. The average Bonchev–Trinajstić information content (AvgIpc) is 2.49. The number of hydrogen-bond donors (Lipinski definition) is 2. The Morgan fingerprint density at radius 1 is 1.04 bits per heavy atom. The highest BCUT2D eigenvalue weighted by Crippen LogP contribution is 2.23. The van der Waals surface area contributed by atoms with Crippen LogP contribution in [0.2, 0.25) is 0 Å². The fourth-order valence-corrected chi connectivity index (χ4v) is 2.07. The first-order valence-corrected chi connectivity index (χ1v) is 7.50. The second-order valence-corrected chi connectivity index (χ2v) is 5.53. The van der Waals surface area contributed by atoms with E-state index in [0.717, 1.165) is 0 Å². The van der Waals surface area contributed by atoms with Gasteiger partial charge in [-0.25, -0.2) is 4.39 Å². The van der Waals surface area contributed by atoms with Gasteiger partial charge in [0.2, 0.25) is 5.91 Å². The van der Waals surface area contributed by atoms with Crippen molar-refractivity contribution >= 4 is 23.2 Å². The number of rotatable bonds is 5. The molecule has 0 radical (unpaired) electrons. The largest absolute Gasteiger partial charge is 0.488 e. The third kappa shape index (κ3) is 4.81. The van der Waals surface area contributed by atoms with Gasteiger partial charge >= 0.3 is 0 Å². The van der Waals surface area contributed by atoms with Crippen molar-refractivity contribution in [1.82, 2.24) is 0 Å². The van der Waals surface area contributed by atoms with Crippen LogP contribution in [0.15, 0.2) is 42.5 Å². The SMILES string of the molecule is CC(=O)Nc1cccc(C(=O)Nc2ccc(OC(C)C)c(F)c2)c1. The monoisotopic (exact) mass is 330 g/mol. The third-order valence-corrected chi connectivity index (χ3v) is 3.00. The summed E-state index contributed by atoms with van der Waals surface area (Å²) in [6, 6.07) is 10.7. The van der Waals surface area contributed by atoms with Gasteiger partial charge in [-0.2, -0.15) is 0 Å². The van der Waals surface area contributed by atoms with Crippen LogP contribution < -0.4 is 15.4 Å². The summed E-state index contributed by atoms with van der Waals surface area (Å²) in [6.45, 7) is 4.99. The van der Waals surface area contributed by atoms with E-state index in [0.29, 0.717) is 16.9 Å². The minimum atomic E-state index is -0.548. The number of carbonyl (C=O) groups excluding carboxylic acids is 2. The summed E-state index contributed by atoms with van der Waals surface area (Å²) in [5.74, 6) is -1.04. The molecule has 6 heteroatoms. The topological polar surface area (TPSA) is 67.4 Å². The lowest BCUT2D eigenvalue weighted by Gasteiger charge is -2.12. The molecule has 0 saturated heterocycles. The molecule has 5 nitrogen and oxygen atoms in total. The number of amides is 2. The molecule has 2 amide bonds. The maximum atomic E-state index is 13.9. The maximum Gasteiger partial charge on any atom is 0.255 e. The molecule has 2 aromatic carbocycles. The summed E-state index contributed by atoms with van der Waals surface area (Å²) in [5.41, 5.74) is 1.18. The van der Waals surface area contributed by atoms with Crippen molar-refractivity contribution in [2.24, 2.45) is 0 Å². The van der Waals surface area contributed by atoms with E-state index in [4.69, 9.17) is 4.74 Å². The Bertz CT molecular complexity index is 760. The van der Waals surface area contributed by atoms with Crippen LogP contribution in [0.4, 0.5) is 15.8 Å². The summed E-state index contributed by atoms with van der Waals surface area (Å²) in [4.78, 5) is 23.3. The van der Waals surface area contributed by atoms with Gasteiger partial charge in [0, 0.05) is 29.9 Å². The molecule has 0 unspecified atom stereocenters. The van der Waals surface area contributed by atoms with Crippen LogP contribution in [0.25, 0.3) is 0 Å². The molecule has 2 N–H and O–H groups in total. The second kappa shape index (κ2) is 7.59. The fourth-order valence-electron chi connectivity index (χ4n) is 2.07. The Labute approximate surface area is 139 Å². The predicted molar refractivity (Wildman–Crippen MR) is 90.9 cm³/mol. The van der Waals surface area contributed by atoms with Gasteiger partial charge in [0.25, 0.3) is 5.91 Å². The number of hydrogen-bond acceptors (Lipinski definition) is 3. The first-order valence-electron chi connectivity index (χ1n) is 7.50. The van der Waals surface area contributed by atoms with Gasteiger partial charge in [0.15, 0.2) is 11.6 Å². The second-order valence-electron chi connectivity index (χ2n) is 5.53. The fraction of sp³-hybridized carbons (Fsp3) is 0.222. The number of carbonyl (C=O) groups is 2. The first-order chi connectivity index (χ1) is 11.3. The van der Waals surface area contributed by atoms with Crippen LogP contribution >= 0.6 is 0 Å². The Morgan fingerprint density at radius 2 is 1.75 bits per heavy atom. The predicted octanol–water partition coefficient (Wildman–Crippen LogP) is 3.82. The molecule has 0 spiro atoms. The van der Waals surface area contributed by atoms with Gasteiger partial charge in [-0.1, -0.05) is 6.07 Å².